The van der Waals surface area contributed by atoms with Crippen LogP contribution in [0.4, 0.5) is 0 Å². The fraction of sp³-hybridized carbons (Fsp3) is 0.111. The van der Waals surface area contributed by atoms with E-state index in [1.54, 1.807) is 36.7 Å². The van der Waals surface area contributed by atoms with E-state index in [2.05, 4.69) is 9.97 Å². The van der Waals surface area contributed by atoms with E-state index in [0.29, 0.717) is 11.4 Å². The molecule has 122 valence electrons. The van der Waals surface area contributed by atoms with Gasteiger partial charge in [-0.05, 0) is 41.5 Å². The lowest BCUT2D eigenvalue weighted by Crippen LogP contribution is -2.07. The van der Waals surface area contributed by atoms with E-state index < -0.39 is 11.9 Å². The fourth-order valence-corrected chi connectivity index (χ4v) is 2.18. The number of ether oxygens (including phenoxy) is 2. The zero-order chi connectivity index (χ0) is 16.8. The van der Waals surface area contributed by atoms with Gasteiger partial charge in [0.15, 0.2) is 0 Å². The molecule has 6 nitrogen and oxygen atoms in total. The summed E-state index contributed by atoms with van der Waals surface area (Å²) in [6.07, 6.45) is 3.32. The number of hydrogen-bond acceptors (Lipinski definition) is 4. The van der Waals surface area contributed by atoms with E-state index in [1.807, 2.05) is 24.3 Å². The molecular formula is C18H16N2O4. The molecule has 0 amide bonds. The maximum atomic E-state index is 11.8. The molecule has 2 aromatic heterocycles. The van der Waals surface area contributed by atoms with Gasteiger partial charge in [-0.15, -0.1) is 0 Å². The average Bonchev–Trinajstić information content (AvgIpc) is 3.31. The summed E-state index contributed by atoms with van der Waals surface area (Å²) < 4.78 is 10.5. The molecule has 2 heterocycles. The van der Waals surface area contributed by atoms with Crippen molar-refractivity contribution >= 4 is 11.9 Å². The van der Waals surface area contributed by atoms with Gasteiger partial charge < -0.3 is 19.4 Å². The van der Waals surface area contributed by atoms with E-state index in [-0.39, 0.29) is 13.2 Å². The molecule has 0 aliphatic rings. The first-order valence-corrected chi connectivity index (χ1v) is 7.41. The summed E-state index contributed by atoms with van der Waals surface area (Å²) in [5.74, 6) is -0.827. The van der Waals surface area contributed by atoms with Crippen LogP contribution in [0.3, 0.4) is 0 Å². The zero-order valence-corrected chi connectivity index (χ0v) is 12.8. The number of aromatic amines is 2. The van der Waals surface area contributed by atoms with Crippen molar-refractivity contribution in [3.63, 3.8) is 0 Å². The van der Waals surface area contributed by atoms with Crippen LogP contribution in [0.15, 0.2) is 60.9 Å². The van der Waals surface area contributed by atoms with Crippen LogP contribution >= 0.6 is 0 Å². The first-order valence-electron chi connectivity index (χ1n) is 7.41. The van der Waals surface area contributed by atoms with Crippen molar-refractivity contribution in [2.75, 3.05) is 0 Å². The molecule has 3 rings (SSSR count). The second-order valence-electron chi connectivity index (χ2n) is 5.14. The van der Waals surface area contributed by atoms with Crippen LogP contribution in [0.5, 0.6) is 0 Å². The third-order valence-electron chi connectivity index (χ3n) is 3.37. The second-order valence-corrected chi connectivity index (χ2v) is 5.14. The normalized spacial score (nSPS) is 10.3. The van der Waals surface area contributed by atoms with E-state index >= 15 is 0 Å². The number of nitrogens with one attached hydrogen (secondary N) is 2. The van der Waals surface area contributed by atoms with Crippen molar-refractivity contribution in [2.24, 2.45) is 0 Å². The van der Waals surface area contributed by atoms with Crippen molar-refractivity contribution in [1.29, 1.82) is 0 Å². The fourth-order valence-electron chi connectivity index (χ4n) is 2.18. The topological polar surface area (TPSA) is 84.2 Å². The first kappa shape index (κ1) is 15.6. The smallest absolute Gasteiger partial charge is 0.355 e. The van der Waals surface area contributed by atoms with Gasteiger partial charge in [-0.2, -0.15) is 0 Å². The molecule has 0 fully saturated rings. The molecule has 0 spiro atoms. The monoisotopic (exact) mass is 324 g/mol. The Hall–Kier alpha value is -3.28. The third-order valence-corrected chi connectivity index (χ3v) is 3.37. The van der Waals surface area contributed by atoms with E-state index in [1.165, 1.54) is 0 Å². The summed E-state index contributed by atoms with van der Waals surface area (Å²) in [6, 6.07) is 14.1. The third kappa shape index (κ3) is 3.92. The van der Waals surface area contributed by atoms with Crippen molar-refractivity contribution in [2.45, 2.75) is 13.2 Å². The van der Waals surface area contributed by atoms with Crippen LogP contribution < -0.4 is 0 Å². The minimum Gasteiger partial charge on any atom is -0.456 e. The number of hydrogen-bond donors (Lipinski definition) is 2. The van der Waals surface area contributed by atoms with Gasteiger partial charge >= 0.3 is 11.9 Å². The van der Waals surface area contributed by atoms with Crippen LogP contribution in [-0.2, 0) is 22.7 Å². The Labute approximate surface area is 138 Å². The number of rotatable bonds is 6. The van der Waals surface area contributed by atoms with Gasteiger partial charge in [0, 0.05) is 12.4 Å². The highest BCUT2D eigenvalue weighted by atomic mass is 16.5. The lowest BCUT2D eigenvalue weighted by Gasteiger charge is -2.07. The summed E-state index contributed by atoms with van der Waals surface area (Å²) in [6.45, 7) is 0.298. The molecule has 1 aromatic carbocycles. The molecule has 0 aliphatic heterocycles. The van der Waals surface area contributed by atoms with Crippen LogP contribution in [0, 0.1) is 0 Å². The first-order chi connectivity index (χ1) is 11.7. The number of H-pyrrole nitrogens is 2. The molecule has 0 saturated carbocycles. The lowest BCUT2D eigenvalue weighted by atomic mass is 10.1. The molecular weight excluding hydrogens is 308 g/mol. The number of benzene rings is 1. The molecule has 0 unspecified atom stereocenters. The van der Waals surface area contributed by atoms with Crippen LogP contribution in [0.1, 0.15) is 32.1 Å². The molecule has 0 bridgehead atoms. The molecule has 0 aliphatic carbocycles. The Morgan fingerprint density at radius 2 is 1.25 bits per heavy atom. The van der Waals surface area contributed by atoms with Crippen molar-refractivity contribution in [3.05, 3.63) is 83.4 Å². The van der Waals surface area contributed by atoms with Gasteiger partial charge in [0.05, 0.1) is 0 Å². The highest BCUT2D eigenvalue weighted by Crippen LogP contribution is 2.10. The largest absolute Gasteiger partial charge is 0.456 e. The van der Waals surface area contributed by atoms with Gasteiger partial charge in [-0.1, -0.05) is 18.2 Å². The second kappa shape index (κ2) is 7.32. The van der Waals surface area contributed by atoms with Gasteiger partial charge in [-0.3, -0.25) is 0 Å². The van der Waals surface area contributed by atoms with Crippen molar-refractivity contribution in [3.8, 4) is 0 Å². The quantitative estimate of drug-likeness (QED) is 0.683. The molecule has 0 radical (unpaired) electrons. The maximum Gasteiger partial charge on any atom is 0.355 e. The maximum absolute atomic E-state index is 11.8. The summed E-state index contributed by atoms with van der Waals surface area (Å²) in [7, 11) is 0. The van der Waals surface area contributed by atoms with Crippen LogP contribution in [0.2, 0.25) is 0 Å². The molecule has 6 heteroatoms. The summed E-state index contributed by atoms with van der Waals surface area (Å²) >= 11 is 0. The Balaban J connectivity index is 1.54. The number of esters is 2. The van der Waals surface area contributed by atoms with E-state index in [4.69, 9.17) is 9.47 Å². The van der Waals surface area contributed by atoms with Crippen molar-refractivity contribution in [1.82, 2.24) is 9.97 Å². The summed E-state index contributed by atoms with van der Waals surface area (Å²) in [5, 5.41) is 0. The summed E-state index contributed by atoms with van der Waals surface area (Å²) in [4.78, 5) is 29.2. The minimum absolute atomic E-state index is 0.149. The molecule has 0 saturated heterocycles. The van der Waals surface area contributed by atoms with Crippen LogP contribution in [-0.4, -0.2) is 21.9 Å². The van der Waals surface area contributed by atoms with Crippen molar-refractivity contribution < 1.29 is 19.1 Å². The number of carbonyl (C=O) groups excluding carboxylic acids is 2. The molecule has 24 heavy (non-hydrogen) atoms. The number of carbonyl (C=O) groups is 2. The Morgan fingerprint density at radius 3 is 1.67 bits per heavy atom. The predicted octanol–water partition coefficient (Wildman–Crippen LogP) is 3.06. The number of aromatic nitrogens is 2. The highest BCUT2D eigenvalue weighted by molar-refractivity contribution is 5.87. The Morgan fingerprint density at radius 1 is 0.750 bits per heavy atom. The Kier molecular flexibility index (Phi) is 4.76. The Bertz CT molecular complexity index is 742. The standard InChI is InChI=1S/C18H16N2O4/c21-17(15-6-2-8-19-15)23-11-13-4-1-5-14(10-13)12-24-18(22)16-7-3-9-20-16/h1-10,19-20H,11-12H2. The van der Waals surface area contributed by atoms with E-state index in [0.717, 1.165) is 11.1 Å². The van der Waals surface area contributed by atoms with Gasteiger partial charge in [-0.25, -0.2) is 9.59 Å². The van der Waals surface area contributed by atoms with Crippen LogP contribution in [0.25, 0.3) is 0 Å². The predicted molar refractivity (Wildman–Crippen MR) is 86.3 cm³/mol. The van der Waals surface area contributed by atoms with Gasteiger partial charge in [0.1, 0.15) is 24.6 Å². The molecule has 2 N–H and O–H groups in total. The van der Waals surface area contributed by atoms with Gasteiger partial charge in [0.2, 0.25) is 0 Å². The van der Waals surface area contributed by atoms with E-state index in [9.17, 15) is 9.59 Å². The minimum atomic E-state index is -0.413. The molecule has 0 atom stereocenters. The molecule has 3 aromatic rings. The van der Waals surface area contributed by atoms with Gasteiger partial charge in [0.25, 0.3) is 0 Å². The zero-order valence-electron chi connectivity index (χ0n) is 12.8. The average molecular weight is 324 g/mol. The summed E-state index contributed by atoms with van der Waals surface area (Å²) in [5.41, 5.74) is 2.46. The SMILES string of the molecule is O=C(OCc1cccc(COC(=O)c2ccc[nH]2)c1)c1ccc[nH]1. The highest BCUT2D eigenvalue weighted by Gasteiger charge is 2.09. The lowest BCUT2D eigenvalue weighted by molar-refractivity contribution is 0.0465.